The van der Waals surface area contributed by atoms with Crippen molar-refractivity contribution in [2.24, 2.45) is 11.8 Å². The first kappa shape index (κ1) is 18.6. The number of ether oxygens (including phenoxy) is 1. The summed E-state index contributed by atoms with van der Waals surface area (Å²) in [5.74, 6) is 0.0271. The van der Waals surface area contributed by atoms with Crippen LogP contribution < -0.4 is 10.1 Å². The molecule has 1 aromatic rings. The SMILES string of the molecule is CCCN(CCC)C(=O)C1CC1C(=O)Nc1cc(Cl)ccc1OC. The molecule has 0 saturated heterocycles. The van der Waals surface area contributed by atoms with Crippen molar-refractivity contribution in [2.75, 3.05) is 25.5 Å². The first-order chi connectivity index (χ1) is 11.5. The van der Waals surface area contributed by atoms with Gasteiger partial charge in [-0.05, 0) is 37.5 Å². The summed E-state index contributed by atoms with van der Waals surface area (Å²) in [6.07, 6.45) is 2.46. The average molecular weight is 353 g/mol. The largest absolute Gasteiger partial charge is 0.495 e. The molecule has 24 heavy (non-hydrogen) atoms. The molecule has 2 atom stereocenters. The molecule has 1 aliphatic carbocycles. The van der Waals surface area contributed by atoms with Crippen LogP contribution in [0.2, 0.25) is 5.02 Å². The number of rotatable bonds is 8. The maximum atomic E-state index is 12.5. The Bertz CT molecular complexity index is 600. The van der Waals surface area contributed by atoms with Gasteiger partial charge in [0.05, 0.1) is 24.6 Å². The van der Waals surface area contributed by atoms with Gasteiger partial charge in [-0.3, -0.25) is 9.59 Å². The van der Waals surface area contributed by atoms with E-state index in [2.05, 4.69) is 19.2 Å². The van der Waals surface area contributed by atoms with E-state index in [0.717, 1.165) is 25.9 Å². The summed E-state index contributed by atoms with van der Waals surface area (Å²) in [6.45, 7) is 5.61. The van der Waals surface area contributed by atoms with Crippen LogP contribution in [0.3, 0.4) is 0 Å². The zero-order valence-corrected chi connectivity index (χ0v) is 15.2. The fourth-order valence-electron chi connectivity index (χ4n) is 2.87. The summed E-state index contributed by atoms with van der Waals surface area (Å²) in [5.41, 5.74) is 0.534. The molecule has 132 valence electrons. The standard InChI is InChI=1S/C18H25ClN2O3/c1-4-8-21(9-5-2)18(23)14-11-13(14)17(22)20-15-10-12(19)6-7-16(15)24-3/h6-7,10,13-14H,4-5,8-9,11H2,1-3H3,(H,20,22). The molecule has 0 heterocycles. The number of carbonyl (C=O) groups is 2. The number of nitrogens with zero attached hydrogens (tertiary/aromatic N) is 1. The first-order valence-electron chi connectivity index (χ1n) is 8.45. The van der Waals surface area contributed by atoms with Crippen molar-refractivity contribution < 1.29 is 14.3 Å². The quantitative estimate of drug-likeness (QED) is 0.778. The van der Waals surface area contributed by atoms with E-state index in [4.69, 9.17) is 16.3 Å². The molecule has 0 radical (unpaired) electrons. The molecule has 1 fully saturated rings. The summed E-state index contributed by atoms with van der Waals surface area (Å²) in [7, 11) is 1.54. The van der Waals surface area contributed by atoms with Crippen LogP contribution in [-0.4, -0.2) is 36.9 Å². The number of amides is 2. The molecule has 6 heteroatoms. The van der Waals surface area contributed by atoms with E-state index in [-0.39, 0.29) is 23.7 Å². The van der Waals surface area contributed by atoms with E-state index in [1.54, 1.807) is 18.2 Å². The zero-order chi connectivity index (χ0) is 17.7. The molecule has 0 aromatic heterocycles. The van der Waals surface area contributed by atoms with Crippen molar-refractivity contribution in [3.63, 3.8) is 0 Å². The van der Waals surface area contributed by atoms with Crippen LogP contribution in [0.25, 0.3) is 0 Å². The second kappa shape index (κ2) is 8.38. The monoisotopic (exact) mass is 352 g/mol. The number of hydrogen-bond acceptors (Lipinski definition) is 3. The van der Waals surface area contributed by atoms with Gasteiger partial charge in [0, 0.05) is 18.1 Å². The summed E-state index contributed by atoms with van der Waals surface area (Å²) in [4.78, 5) is 26.8. The first-order valence-corrected chi connectivity index (χ1v) is 8.82. The highest BCUT2D eigenvalue weighted by atomic mass is 35.5. The number of benzene rings is 1. The molecular weight excluding hydrogens is 328 g/mol. The molecule has 1 saturated carbocycles. The second-order valence-electron chi connectivity index (χ2n) is 6.11. The van der Waals surface area contributed by atoms with Gasteiger partial charge in [0.25, 0.3) is 0 Å². The minimum atomic E-state index is -0.266. The van der Waals surface area contributed by atoms with Crippen LogP contribution in [0.4, 0.5) is 5.69 Å². The molecule has 1 aliphatic rings. The molecule has 0 bridgehead atoms. The fourth-order valence-corrected chi connectivity index (χ4v) is 3.04. The fraction of sp³-hybridized carbons (Fsp3) is 0.556. The van der Waals surface area contributed by atoms with Crippen molar-refractivity contribution in [2.45, 2.75) is 33.1 Å². The number of methoxy groups -OCH3 is 1. The van der Waals surface area contributed by atoms with Gasteiger partial charge in [0.1, 0.15) is 5.75 Å². The molecule has 1 N–H and O–H groups in total. The topological polar surface area (TPSA) is 58.6 Å². The minimum absolute atomic E-state index is 0.0944. The third kappa shape index (κ3) is 4.41. The van der Waals surface area contributed by atoms with Crippen LogP contribution in [0, 0.1) is 11.8 Å². The Labute approximate surface area is 148 Å². The number of halogens is 1. The Balaban J connectivity index is 1.98. The van der Waals surface area contributed by atoms with Crippen LogP contribution in [0.1, 0.15) is 33.1 Å². The van der Waals surface area contributed by atoms with Gasteiger partial charge in [-0.15, -0.1) is 0 Å². The summed E-state index contributed by atoms with van der Waals surface area (Å²) in [6, 6.07) is 5.06. The Hall–Kier alpha value is -1.75. The van der Waals surface area contributed by atoms with Gasteiger partial charge in [-0.1, -0.05) is 25.4 Å². The summed E-state index contributed by atoms with van der Waals surface area (Å²) < 4.78 is 5.23. The van der Waals surface area contributed by atoms with Crippen LogP contribution in [0.5, 0.6) is 5.75 Å². The Morgan fingerprint density at radius 2 is 1.92 bits per heavy atom. The van der Waals surface area contributed by atoms with E-state index in [1.165, 1.54) is 7.11 Å². The highest BCUT2D eigenvalue weighted by Crippen LogP contribution is 2.41. The van der Waals surface area contributed by atoms with Crippen molar-refractivity contribution in [3.05, 3.63) is 23.2 Å². The number of hydrogen-bond donors (Lipinski definition) is 1. The van der Waals surface area contributed by atoms with Crippen molar-refractivity contribution in [3.8, 4) is 5.75 Å². The lowest BCUT2D eigenvalue weighted by Crippen LogP contribution is -2.34. The highest BCUT2D eigenvalue weighted by Gasteiger charge is 2.49. The minimum Gasteiger partial charge on any atom is -0.495 e. The third-order valence-corrected chi connectivity index (χ3v) is 4.40. The predicted octanol–water partition coefficient (Wildman–Crippen LogP) is 3.57. The maximum absolute atomic E-state index is 12.5. The molecule has 2 unspecified atom stereocenters. The smallest absolute Gasteiger partial charge is 0.228 e. The Morgan fingerprint density at radius 3 is 2.50 bits per heavy atom. The predicted molar refractivity (Wildman–Crippen MR) is 95.4 cm³/mol. The van der Waals surface area contributed by atoms with Gasteiger partial charge in [-0.25, -0.2) is 0 Å². The average Bonchev–Trinajstić information content (AvgIpc) is 3.35. The van der Waals surface area contributed by atoms with E-state index in [0.29, 0.717) is 22.9 Å². The van der Waals surface area contributed by atoms with Crippen LogP contribution in [-0.2, 0) is 9.59 Å². The Kier molecular flexibility index (Phi) is 6.49. The maximum Gasteiger partial charge on any atom is 0.228 e. The number of nitrogens with one attached hydrogen (secondary N) is 1. The van der Waals surface area contributed by atoms with E-state index in [9.17, 15) is 9.59 Å². The van der Waals surface area contributed by atoms with Gasteiger partial charge < -0.3 is 15.0 Å². The van der Waals surface area contributed by atoms with E-state index < -0.39 is 0 Å². The van der Waals surface area contributed by atoms with Gasteiger partial charge in [-0.2, -0.15) is 0 Å². The van der Waals surface area contributed by atoms with Crippen molar-refractivity contribution in [1.29, 1.82) is 0 Å². The third-order valence-electron chi connectivity index (χ3n) is 4.16. The normalized spacial score (nSPS) is 18.8. The molecule has 2 rings (SSSR count). The summed E-state index contributed by atoms with van der Waals surface area (Å²) >= 11 is 5.98. The van der Waals surface area contributed by atoms with Crippen LogP contribution >= 0.6 is 11.6 Å². The zero-order valence-electron chi connectivity index (χ0n) is 14.5. The van der Waals surface area contributed by atoms with E-state index in [1.807, 2.05) is 4.90 Å². The van der Waals surface area contributed by atoms with Crippen molar-refractivity contribution >= 4 is 29.1 Å². The van der Waals surface area contributed by atoms with Crippen molar-refractivity contribution in [1.82, 2.24) is 4.90 Å². The number of carbonyl (C=O) groups excluding carboxylic acids is 2. The lowest BCUT2D eigenvalue weighted by Gasteiger charge is -2.21. The van der Waals surface area contributed by atoms with Gasteiger partial charge in [0.15, 0.2) is 0 Å². The Morgan fingerprint density at radius 1 is 1.25 bits per heavy atom. The molecule has 0 aliphatic heterocycles. The lowest BCUT2D eigenvalue weighted by molar-refractivity contribution is -0.134. The highest BCUT2D eigenvalue weighted by molar-refractivity contribution is 6.31. The summed E-state index contributed by atoms with van der Waals surface area (Å²) in [5, 5.41) is 3.35. The van der Waals surface area contributed by atoms with Gasteiger partial charge >= 0.3 is 0 Å². The molecular formula is C18H25ClN2O3. The molecule has 2 amide bonds. The van der Waals surface area contributed by atoms with Gasteiger partial charge in [0.2, 0.25) is 11.8 Å². The second-order valence-corrected chi connectivity index (χ2v) is 6.54. The van der Waals surface area contributed by atoms with Crippen LogP contribution in [0.15, 0.2) is 18.2 Å². The molecule has 1 aromatic carbocycles. The van der Waals surface area contributed by atoms with E-state index >= 15 is 0 Å². The lowest BCUT2D eigenvalue weighted by atomic mass is 10.2. The number of anilines is 1. The molecule has 0 spiro atoms. The molecule has 5 nitrogen and oxygen atoms in total.